The van der Waals surface area contributed by atoms with Crippen LogP contribution in [0.5, 0.6) is 0 Å². The molecule has 0 bridgehead atoms. The molecule has 216 valence electrons. The van der Waals surface area contributed by atoms with E-state index in [2.05, 4.69) is 0 Å². The molecule has 2 aliphatic carbocycles. The molecule has 4 aliphatic rings. The number of benzene rings is 3. The lowest BCUT2D eigenvalue weighted by Gasteiger charge is -2.19. The number of amides is 4. The minimum Gasteiger partial charge on any atom is -0.447 e. The van der Waals surface area contributed by atoms with Crippen LogP contribution in [0.3, 0.4) is 0 Å². The summed E-state index contributed by atoms with van der Waals surface area (Å²) in [6.45, 7) is 2.43. The quantitative estimate of drug-likeness (QED) is 0.389. The van der Waals surface area contributed by atoms with Gasteiger partial charge in [0.2, 0.25) is 11.8 Å². The Kier molecular flexibility index (Phi) is 7.78. The lowest BCUT2D eigenvalue weighted by molar-refractivity contribution is -0.131. The molecule has 42 heavy (non-hydrogen) atoms. The Morgan fingerprint density at radius 2 is 1.12 bits per heavy atom. The second-order valence-electron chi connectivity index (χ2n) is 11.5. The van der Waals surface area contributed by atoms with Gasteiger partial charge in [-0.3, -0.25) is 9.59 Å². The Morgan fingerprint density at radius 1 is 0.667 bits per heavy atom. The van der Waals surface area contributed by atoms with Crippen molar-refractivity contribution < 1.29 is 28.7 Å². The Hall–Kier alpha value is -4.46. The summed E-state index contributed by atoms with van der Waals surface area (Å²) >= 11 is 0. The fourth-order valence-corrected chi connectivity index (χ4v) is 6.02. The van der Waals surface area contributed by atoms with Gasteiger partial charge in [0, 0.05) is 11.8 Å². The Balaban J connectivity index is 0.000000157. The van der Waals surface area contributed by atoms with Gasteiger partial charge >= 0.3 is 12.2 Å². The maximum Gasteiger partial charge on any atom is 0.416 e. The smallest absolute Gasteiger partial charge is 0.416 e. The minimum absolute atomic E-state index is 0.0551. The van der Waals surface area contributed by atoms with Crippen molar-refractivity contribution in [2.45, 2.75) is 50.1 Å². The van der Waals surface area contributed by atoms with Crippen LogP contribution in [0.15, 0.2) is 91.0 Å². The van der Waals surface area contributed by atoms with Crippen molar-refractivity contribution in [3.8, 4) is 0 Å². The highest BCUT2D eigenvalue weighted by Crippen LogP contribution is 2.50. The lowest BCUT2D eigenvalue weighted by Crippen LogP contribution is -2.41. The largest absolute Gasteiger partial charge is 0.447 e. The van der Waals surface area contributed by atoms with Crippen molar-refractivity contribution in [3.63, 3.8) is 0 Å². The van der Waals surface area contributed by atoms with Gasteiger partial charge in [-0.05, 0) is 54.7 Å². The summed E-state index contributed by atoms with van der Waals surface area (Å²) in [5.41, 5.74) is 3.45. The Bertz CT molecular complexity index is 1450. The fourth-order valence-electron chi connectivity index (χ4n) is 6.02. The molecule has 0 unspecified atom stereocenters. The number of hydrogen-bond donors (Lipinski definition) is 0. The third kappa shape index (κ3) is 5.79. The minimum atomic E-state index is -0.500. The van der Waals surface area contributed by atoms with Crippen LogP contribution in [0.1, 0.15) is 48.3 Å². The molecule has 6 atom stereocenters. The second-order valence-corrected chi connectivity index (χ2v) is 11.5. The first-order valence-electron chi connectivity index (χ1n) is 14.6. The van der Waals surface area contributed by atoms with Crippen LogP contribution in [0.25, 0.3) is 0 Å². The number of nitrogens with zero attached hydrogens (tertiary/aromatic N) is 2. The van der Waals surface area contributed by atoms with E-state index in [1.54, 1.807) is 0 Å². The van der Waals surface area contributed by atoms with Gasteiger partial charge < -0.3 is 9.47 Å². The van der Waals surface area contributed by atoms with E-state index in [9.17, 15) is 19.2 Å². The molecule has 3 aromatic rings. The van der Waals surface area contributed by atoms with Gasteiger partial charge in [0.05, 0.1) is 12.1 Å². The fraction of sp³-hybridized carbons (Fsp3) is 0.353. The molecule has 3 aromatic carbocycles. The number of imide groups is 2. The van der Waals surface area contributed by atoms with Crippen LogP contribution >= 0.6 is 0 Å². The Labute approximate surface area is 245 Å². The molecule has 4 fully saturated rings. The molecule has 2 saturated carbocycles. The van der Waals surface area contributed by atoms with E-state index in [1.807, 2.05) is 97.9 Å². The van der Waals surface area contributed by atoms with E-state index < -0.39 is 12.2 Å². The summed E-state index contributed by atoms with van der Waals surface area (Å²) in [5, 5.41) is 0. The number of carbonyl (C=O) groups is 4. The molecule has 0 aromatic heterocycles. The standard InChI is InChI=1S/C20H19NO3.C14H15NO3/c22-19(18-12-17(18)15-9-5-2-6-10-15)21-16(13-24-20(21)23)11-14-7-3-1-4-8-14;1-9-8-18-14(17)15(9)13(16)12-7-11(12)10-5-3-2-4-6-10/h1-10,16-18H,11-13H2;2-6,9,11-12H,7-8H2,1H3/t16-,17+,18-;9-,11-,12+/m00/s1. The Morgan fingerprint density at radius 3 is 1.62 bits per heavy atom. The maximum atomic E-state index is 12.8. The normalized spacial score (nSPS) is 27.5. The topological polar surface area (TPSA) is 93.2 Å². The average Bonchev–Trinajstić information content (AvgIpc) is 3.93. The van der Waals surface area contributed by atoms with Crippen molar-refractivity contribution in [1.29, 1.82) is 0 Å². The lowest BCUT2D eigenvalue weighted by atomic mass is 10.0. The van der Waals surface area contributed by atoms with Crippen LogP contribution in [0, 0.1) is 11.8 Å². The van der Waals surface area contributed by atoms with Crippen LogP contribution in [0.4, 0.5) is 9.59 Å². The summed E-state index contributed by atoms with van der Waals surface area (Å²) in [6, 6.07) is 29.6. The van der Waals surface area contributed by atoms with Crippen molar-refractivity contribution in [3.05, 3.63) is 108 Å². The number of cyclic esters (lactones) is 2. The number of carbonyl (C=O) groups excluding carboxylic acids is 4. The third-order valence-corrected chi connectivity index (χ3v) is 8.51. The molecule has 2 heterocycles. The molecule has 4 amide bonds. The highest BCUT2D eigenvalue weighted by molar-refractivity contribution is 5.97. The van der Waals surface area contributed by atoms with E-state index in [1.165, 1.54) is 20.9 Å². The molecule has 2 aliphatic heterocycles. The summed E-state index contributed by atoms with van der Waals surface area (Å²) in [6.07, 6.45) is 1.29. The molecule has 0 spiro atoms. The van der Waals surface area contributed by atoms with Gasteiger partial charge in [0.25, 0.3) is 0 Å². The van der Waals surface area contributed by atoms with Gasteiger partial charge in [-0.2, -0.15) is 0 Å². The number of ether oxygens (including phenoxy) is 2. The van der Waals surface area contributed by atoms with Crippen molar-refractivity contribution in [1.82, 2.24) is 9.80 Å². The van der Waals surface area contributed by atoms with Crippen LogP contribution in [-0.4, -0.2) is 59.1 Å². The first-order chi connectivity index (χ1) is 20.4. The predicted octanol–water partition coefficient (Wildman–Crippen LogP) is 5.54. The molecule has 8 heteroatoms. The van der Waals surface area contributed by atoms with Crippen molar-refractivity contribution >= 4 is 24.0 Å². The molecule has 0 radical (unpaired) electrons. The van der Waals surface area contributed by atoms with Gasteiger partial charge in [-0.25, -0.2) is 19.4 Å². The van der Waals surface area contributed by atoms with E-state index in [0.717, 1.165) is 18.4 Å². The maximum absolute atomic E-state index is 12.8. The predicted molar refractivity (Wildman–Crippen MR) is 154 cm³/mol. The van der Waals surface area contributed by atoms with Crippen LogP contribution in [-0.2, 0) is 25.5 Å². The first-order valence-corrected chi connectivity index (χ1v) is 14.6. The summed E-state index contributed by atoms with van der Waals surface area (Å²) < 4.78 is 10.0. The molecular formula is C34H34N2O6. The monoisotopic (exact) mass is 566 g/mol. The van der Waals surface area contributed by atoms with Crippen LogP contribution in [0.2, 0.25) is 0 Å². The van der Waals surface area contributed by atoms with Crippen LogP contribution < -0.4 is 0 Å². The summed E-state index contributed by atoms with van der Waals surface area (Å²) in [5.74, 6) is 0.159. The van der Waals surface area contributed by atoms with E-state index in [-0.39, 0.29) is 54.2 Å². The highest BCUT2D eigenvalue weighted by Gasteiger charge is 2.51. The molecule has 0 N–H and O–H groups in total. The SMILES string of the molecule is C[C@H]1COC(=O)N1C(=O)[C@@H]1C[C@H]1c1ccccc1.O=C1OC[C@H](Cc2ccccc2)N1C(=O)[C@H]1C[C@@H]1c1ccccc1. The summed E-state index contributed by atoms with van der Waals surface area (Å²) in [4.78, 5) is 51.2. The van der Waals surface area contributed by atoms with Gasteiger partial charge in [0.15, 0.2) is 0 Å². The highest BCUT2D eigenvalue weighted by atomic mass is 16.6. The van der Waals surface area contributed by atoms with E-state index in [0.29, 0.717) is 13.0 Å². The third-order valence-electron chi connectivity index (χ3n) is 8.51. The number of hydrogen-bond acceptors (Lipinski definition) is 6. The first kappa shape index (κ1) is 27.7. The molecular weight excluding hydrogens is 532 g/mol. The molecule has 8 nitrogen and oxygen atoms in total. The van der Waals surface area contributed by atoms with Gasteiger partial charge in [-0.1, -0.05) is 91.0 Å². The van der Waals surface area contributed by atoms with Crippen molar-refractivity contribution in [2.24, 2.45) is 11.8 Å². The molecule has 2 saturated heterocycles. The zero-order chi connectivity index (χ0) is 29.2. The molecule has 7 rings (SSSR count). The zero-order valence-corrected chi connectivity index (χ0v) is 23.5. The average molecular weight is 567 g/mol. The van der Waals surface area contributed by atoms with E-state index in [4.69, 9.17) is 9.47 Å². The number of rotatable bonds is 6. The van der Waals surface area contributed by atoms with Gasteiger partial charge in [-0.15, -0.1) is 0 Å². The zero-order valence-electron chi connectivity index (χ0n) is 23.5. The second kappa shape index (κ2) is 11.8. The summed E-state index contributed by atoms with van der Waals surface area (Å²) in [7, 11) is 0. The van der Waals surface area contributed by atoms with E-state index >= 15 is 0 Å². The van der Waals surface area contributed by atoms with Crippen molar-refractivity contribution in [2.75, 3.05) is 13.2 Å². The van der Waals surface area contributed by atoms with Gasteiger partial charge in [0.1, 0.15) is 13.2 Å².